The van der Waals surface area contributed by atoms with Crippen LogP contribution in [0.15, 0.2) is 42.5 Å². The van der Waals surface area contributed by atoms with Gasteiger partial charge in [0, 0.05) is 3.57 Å². The fraction of sp³-hybridized carbons (Fsp3) is 0.423. The summed E-state index contributed by atoms with van der Waals surface area (Å²) in [6.07, 6.45) is 5.38. The van der Waals surface area contributed by atoms with E-state index >= 15 is 0 Å². The molecule has 3 N–H and O–H groups in total. The van der Waals surface area contributed by atoms with Crippen LogP contribution in [0.4, 0.5) is 14.9 Å². The molecule has 2 aromatic rings. The van der Waals surface area contributed by atoms with Crippen molar-refractivity contribution in [3.05, 3.63) is 57.4 Å². The highest BCUT2D eigenvalue weighted by Gasteiger charge is 2.46. The summed E-state index contributed by atoms with van der Waals surface area (Å²) in [7, 11) is 0. The van der Waals surface area contributed by atoms with Crippen molar-refractivity contribution in [2.45, 2.75) is 50.6 Å². The Morgan fingerprint density at radius 1 is 1.17 bits per heavy atom. The molecule has 2 fully saturated rings. The number of hydrogen-bond acceptors (Lipinski definition) is 5. The number of amides is 4. The third-order valence-corrected chi connectivity index (χ3v) is 7.30. The van der Waals surface area contributed by atoms with Crippen LogP contribution in [0.3, 0.4) is 0 Å². The number of carbonyl (C=O) groups is 3. The van der Waals surface area contributed by atoms with Crippen molar-refractivity contribution in [1.29, 1.82) is 0 Å². The Bertz CT molecular complexity index is 1110. The van der Waals surface area contributed by atoms with Gasteiger partial charge in [0.05, 0.1) is 12.3 Å². The predicted octanol–water partition coefficient (Wildman–Crippen LogP) is 4.37. The number of nitrogens with zero attached hydrogens (tertiary/aromatic N) is 1. The lowest BCUT2D eigenvalue weighted by atomic mass is 9.84. The van der Waals surface area contributed by atoms with Gasteiger partial charge in [0.2, 0.25) is 5.91 Å². The molecule has 0 radical (unpaired) electrons. The third-order valence-electron chi connectivity index (χ3n) is 6.63. The summed E-state index contributed by atoms with van der Waals surface area (Å²) in [5, 5.41) is 14.2. The Balaban J connectivity index is 1.56. The van der Waals surface area contributed by atoms with E-state index in [1.54, 1.807) is 30.3 Å². The van der Waals surface area contributed by atoms with Crippen LogP contribution < -0.4 is 15.4 Å². The van der Waals surface area contributed by atoms with Crippen LogP contribution in [0.5, 0.6) is 5.75 Å². The highest BCUT2D eigenvalue weighted by molar-refractivity contribution is 14.1. The van der Waals surface area contributed by atoms with Crippen LogP contribution in [-0.4, -0.2) is 47.1 Å². The zero-order valence-electron chi connectivity index (χ0n) is 19.7. The lowest BCUT2D eigenvalue weighted by Crippen LogP contribution is -2.48. The van der Waals surface area contributed by atoms with E-state index in [0.29, 0.717) is 21.3 Å². The van der Waals surface area contributed by atoms with E-state index < -0.39 is 35.7 Å². The van der Waals surface area contributed by atoms with E-state index in [1.165, 1.54) is 12.1 Å². The van der Waals surface area contributed by atoms with Crippen molar-refractivity contribution in [2.24, 2.45) is 5.92 Å². The number of aliphatic hydroxyl groups excluding tert-OH is 1. The van der Waals surface area contributed by atoms with E-state index in [1.807, 2.05) is 22.6 Å². The van der Waals surface area contributed by atoms with Crippen LogP contribution >= 0.6 is 22.6 Å². The first-order valence-electron chi connectivity index (χ1n) is 12.1. The molecule has 36 heavy (non-hydrogen) atoms. The number of anilines is 1. The molecule has 0 bridgehead atoms. The van der Waals surface area contributed by atoms with Crippen molar-refractivity contribution in [1.82, 2.24) is 10.2 Å². The summed E-state index contributed by atoms with van der Waals surface area (Å²) in [5.74, 6) is -0.972. The number of halogens is 2. The number of aliphatic hydroxyl groups is 1. The summed E-state index contributed by atoms with van der Waals surface area (Å²) in [6.45, 7) is 0.0236. The molecule has 2 unspecified atom stereocenters. The van der Waals surface area contributed by atoms with E-state index in [9.17, 15) is 18.8 Å². The molecule has 192 valence electrons. The lowest BCUT2D eigenvalue weighted by Gasteiger charge is -2.30. The van der Waals surface area contributed by atoms with Crippen LogP contribution in [-0.2, 0) is 9.59 Å². The molecule has 0 spiro atoms. The number of benzene rings is 2. The van der Waals surface area contributed by atoms with Gasteiger partial charge in [0.1, 0.15) is 30.3 Å². The summed E-state index contributed by atoms with van der Waals surface area (Å²) in [6, 6.07) is 8.44. The van der Waals surface area contributed by atoms with E-state index in [-0.39, 0.29) is 24.8 Å². The van der Waals surface area contributed by atoms with Gasteiger partial charge < -0.3 is 20.5 Å². The molecule has 0 aromatic heterocycles. The molecular formula is C26H29FIN3O5. The number of ether oxygens (including phenoxy) is 1. The summed E-state index contributed by atoms with van der Waals surface area (Å²) in [5.41, 5.74) is 0.559. The standard InChI is InChI=1S/C26H29FIN3O5/c27-20-15-18(28)8-11-21(20)29-24(33)22(14-16-4-2-1-3-5-16)31-25(34)23(30-26(31)35)17-6-9-19(10-7-17)36-13-12-32/h6-11,15-16,22-23,32H,1-5,12-14H2,(H,29,33)(H,30,35). The first-order valence-corrected chi connectivity index (χ1v) is 13.2. The summed E-state index contributed by atoms with van der Waals surface area (Å²) < 4.78 is 20.5. The van der Waals surface area contributed by atoms with Gasteiger partial charge in [-0.2, -0.15) is 0 Å². The van der Waals surface area contributed by atoms with Gasteiger partial charge in [-0.3, -0.25) is 9.59 Å². The molecule has 4 rings (SSSR count). The number of nitrogens with one attached hydrogen (secondary N) is 2. The zero-order chi connectivity index (χ0) is 25.7. The van der Waals surface area contributed by atoms with Gasteiger partial charge in [0.25, 0.3) is 5.91 Å². The summed E-state index contributed by atoms with van der Waals surface area (Å²) >= 11 is 1.98. The monoisotopic (exact) mass is 609 g/mol. The minimum absolute atomic E-state index is 0.0103. The highest BCUT2D eigenvalue weighted by atomic mass is 127. The maximum atomic E-state index is 14.5. The fourth-order valence-corrected chi connectivity index (χ4v) is 5.26. The second-order valence-corrected chi connectivity index (χ2v) is 10.3. The Kier molecular flexibility index (Phi) is 8.78. The van der Waals surface area contributed by atoms with Crippen LogP contribution in [0.1, 0.15) is 50.1 Å². The zero-order valence-corrected chi connectivity index (χ0v) is 21.9. The lowest BCUT2D eigenvalue weighted by molar-refractivity contribution is -0.134. The molecule has 2 aromatic carbocycles. The summed E-state index contributed by atoms with van der Waals surface area (Å²) in [4.78, 5) is 40.9. The quantitative estimate of drug-likeness (QED) is 0.289. The Morgan fingerprint density at radius 2 is 1.89 bits per heavy atom. The van der Waals surface area contributed by atoms with Crippen LogP contribution in [0.25, 0.3) is 0 Å². The SMILES string of the molecule is O=C(Nc1ccc(I)cc1F)C(CC1CCCCC1)N1C(=O)NC(c2ccc(OCCO)cc2)C1=O. The van der Waals surface area contributed by atoms with Crippen molar-refractivity contribution in [3.8, 4) is 5.75 Å². The van der Waals surface area contributed by atoms with E-state index in [0.717, 1.165) is 37.0 Å². The molecular weight excluding hydrogens is 580 g/mol. The van der Waals surface area contributed by atoms with E-state index in [4.69, 9.17) is 9.84 Å². The van der Waals surface area contributed by atoms with Crippen molar-refractivity contribution < 1.29 is 28.6 Å². The maximum Gasteiger partial charge on any atom is 0.325 e. The van der Waals surface area contributed by atoms with Crippen molar-refractivity contribution >= 4 is 46.1 Å². The Labute approximate surface area is 222 Å². The molecule has 1 aliphatic heterocycles. The highest BCUT2D eigenvalue weighted by Crippen LogP contribution is 2.32. The molecule has 4 amide bonds. The van der Waals surface area contributed by atoms with Gasteiger partial charge in [-0.05, 0) is 70.8 Å². The number of urea groups is 1. The smallest absolute Gasteiger partial charge is 0.325 e. The number of carbonyl (C=O) groups excluding carboxylic acids is 3. The fourth-order valence-electron chi connectivity index (χ4n) is 4.81. The average Bonchev–Trinajstić information content (AvgIpc) is 3.17. The Morgan fingerprint density at radius 3 is 2.56 bits per heavy atom. The predicted molar refractivity (Wildman–Crippen MR) is 140 cm³/mol. The molecule has 1 aliphatic carbocycles. The van der Waals surface area contributed by atoms with E-state index in [2.05, 4.69) is 10.6 Å². The molecule has 2 aliphatic rings. The maximum absolute atomic E-state index is 14.5. The van der Waals surface area contributed by atoms with Gasteiger partial charge in [-0.25, -0.2) is 14.1 Å². The van der Waals surface area contributed by atoms with Gasteiger partial charge in [0.15, 0.2) is 0 Å². The second-order valence-electron chi connectivity index (χ2n) is 9.10. The molecule has 1 saturated heterocycles. The number of rotatable bonds is 9. The number of imide groups is 1. The first kappa shape index (κ1) is 26.3. The van der Waals surface area contributed by atoms with Crippen molar-refractivity contribution in [2.75, 3.05) is 18.5 Å². The third kappa shape index (κ3) is 6.15. The first-order chi connectivity index (χ1) is 17.4. The molecule has 1 heterocycles. The molecule has 1 saturated carbocycles. The van der Waals surface area contributed by atoms with Crippen LogP contribution in [0, 0.1) is 15.3 Å². The second kappa shape index (κ2) is 12.0. The molecule has 2 atom stereocenters. The minimum atomic E-state index is -1.06. The minimum Gasteiger partial charge on any atom is -0.491 e. The molecule has 10 heteroatoms. The Hall–Kier alpha value is -2.73. The average molecular weight is 609 g/mol. The molecule has 8 nitrogen and oxygen atoms in total. The van der Waals surface area contributed by atoms with Crippen molar-refractivity contribution in [3.63, 3.8) is 0 Å². The van der Waals surface area contributed by atoms with Gasteiger partial charge in [-0.1, -0.05) is 44.2 Å². The largest absolute Gasteiger partial charge is 0.491 e. The van der Waals surface area contributed by atoms with Crippen LogP contribution in [0.2, 0.25) is 0 Å². The topological polar surface area (TPSA) is 108 Å². The number of hydrogen-bond donors (Lipinski definition) is 3. The van der Waals surface area contributed by atoms with Gasteiger partial charge >= 0.3 is 6.03 Å². The van der Waals surface area contributed by atoms with Gasteiger partial charge in [-0.15, -0.1) is 0 Å². The normalized spacial score (nSPS) is 19.2.